The number of ether oxygens (including phenoxy) is 2. The summed E-state index contributed by atoms with van der Waals surface area (Å²) in [5, 5.41) is 0. The van der Waals surface area contributed by atoms with Crippen molar-refractivity contribution in [3.63, 3.8) is 0 Å². The monoisotopic (exact) mass is 552 g/mol. The zero-order chi connectivity index (χ0) is 22.0. The quantitative estimate of drug-likeness (QED) is 0.358. The van der Waals surface area contributed by atoms with Crippen LogP contribution in [0.1, 0.15) is 41.5 Å². The predicted molar refractivity (Wildman–Crippen MR) is 126 cm³/mol. The summed E-state index contributed by atoms with van der Waals surface area (Å²) in [5.74, 6) is 1.45. The maximum atomic E-state index is 13.4. The van der Waals surface area contributed by atoms with Gasteiger partial charge in [-0.25, -0.2) is 8.78 Å². The zero-order valence-electron chi connectivity index (χ0n) is 17.6. The molecule has 2 aromatic carbocycles. The summed E-state index contributed by atoms with van der Waals surface area (Å²) in [6, 6.07) is 8.83. The molecule has 0 unspecified atom stereocenters. The Kier molecular flexibility index (Phi) is 7.72. The van der Waals surface area contributed by atoms with Crippen LogP contribution in [0.2, 0.25) is 0 Å². The minimum atomic E-state index is -1.55. The largest absolute Gasteiger partial charge is 0.483 e. The van der Waals surface area contributed by atoms with Gasteiger partial charge in [-0.3, -0.25) is 0 Å². The lowest BCUT2D eigenvalue weighted by molar-refractivity contribution is 0.351. The molecule has 0 N–H and O–H groups in total. The van der Waals surface area contributed by atoms with E-state index in [-0.39, 0.29) is 21.1 Å². The van der Waals surface area contributed by atoms with Gasteiger partial charge in [-0.05, 0) is 77.8 Å². The van der Waals surface area contributed by atoms with Crippen molar-refractivity contribution in [3.8, 4) is 11.5 Å². The summed E-state index contributed by atoms with van der Waals surface area (Å²) in [4.78, 5) is 0. The Morgan fingerprint density at radius 2 is 1.07 bits per heavy atom. The molecule has 0 aliphatic carbocycles. The molecule has 0 fully saturated rings. The average Bonchev–Trinajstić information content (AvgIpc) is 2.55. The minimum absolute atomic E-state index is 0.107. The fourth-order valence-electron chi connectivity index (χ4n) is 3.17. The standard InChI is InChI=1S/C22H28Br2F2O2S/c1-21(2,3)29(22(4,5)6,13-27-19-9-7-15(25)11-17(19)23)14-28-20-10-8-16(26)12-18(20)24/h7-12H,13-14H2,1-6H3. The van der Waals surface area contributed by atoms with Gasteiger partial charge in [-0.15, -0.1) is 0 Å². The van der Waals surface area contributed by atoms with Crippen LogP contribution in [-0.4, -0.2) is 21.4 Å². The van der Waals surface area contributed by atoms with Gasteiger partial charge in [0.25, 0.3) is 0 Å². The predicted octanol–water partition coefficient (Wildman–Crippen LogP) is 8.26. The molecule has 0 radical (unpaired) electrons. The highest BCUT2D eigenvalue weighted by Gasteiger charge is 2.47. The van der Waals surface area contributed by atoms with E-state index in [9.17, 15) is 8.78 Å². The Morgan fingerprint density at radius 1 is 0.724 bits per heavy atom. The molecule has 0 bridgehead atoms. The van der Waals surface area contributed by atoms with E-state index in [1.165, 1.54) is 24.3 Å². The normalized spacial score (nSPS) is 13.3. The average molecular weight is 554 g/mol. The van der Waals surface area contributed by atoms with Crippen molar-refractivity contribution in [2.24, 2.45) is 0 Å². The van der Waals surface area contributed by atoms with Crippen molar-refractivity contribution in [2.75, 3.05) is 11.9 Å². The SMILES string of the molecule is CC(C)(C)S(COc1ccc(F)cc1Br)(COc1ccc(F)cc1Br)C(C)(C)C. The van der Waals surface area contributed by atoms with E-state index < -0.39 is 10.0 Å². The van der Waals surface area contributed by atoms with Gasteiger partial charge < -0.3 is 9.47 Å². The van der Waals surface area contributed by atoms with E-state index in [1.54, 1.807) is 12.1 Å². The van der Waals surface area contributed by atoms with Crippen LogP contribution >= 0.6 is 41.9 Å². The van der Waals surface area contributed by atoms with Gasteiger partial charge in [-0.1, -0.05) is 41.5 Å². The molecule has 0 spiro atoms. The summed E-state index contributed by atoms with van der Waals surface area (Å²) < 4.78 is 40.3. The van der Waals surface area contributed by atoms with Crippen molar-refractivity contribution in [2.45, 2.75) is 51.0 Å². The molecular formula is C22H28Br2F2O2S. The van der Waals surface area contributed by atoms with Gasteiger partial charge in [0.1, 0.15) is 35.0 Å². The van der Waals surface area contributed by atoms with E-state index in [0.29, 0.717) is 32.3 Å². The molecule has 2 aromatic rings. The molecule has 0 heterocycles. The molecule has 0 saturated heterocycles. The molecule has 0 aliphatic heterocycles. The lowest BCUT2D eigenvalue weighted by Crippen LogP contribution is -2.44. The van der Waals surface area contributed by atoms with Crippen LogP contribution in [0.25, 0.3) is 0 Å². The fraction of sp³-hybridized carbons (Fsp3) is 0.455. The van der Waals surface area contributed by atoms with Crippen LogP contribution < -0.4 is 9.47 Å². The summed E-state index contributed by atoms with van der Waals surface area (Å²) >= 11 is 6.76. The highest BCUT2D eigenvalue weighted by atomic mass is 79.9. The van der Waals surface area contributed by atoms with Crippen LogP contribution in [0.5, 0.6) is 11.5 Å². The van der Waals surface area contributed by atoms with Crippen molar-refractivity contribution < 1.29 is 18.3 Å². The summed E-state index contributed by atoms with van der Waals surface area (Å²) in [6.45, 7) is 13.2. The van der Waals surface area contributed by atoms with Crippen LogP contribution in [0.3, 0.4) is 0 Å². The van der Waals surface area contributed by atoms with Gasteiger partial charge >= 0.3 is 0 Å². The minimum Gasteiger partial charge on any atom is -0.483 e. The van der Waals surface area contributed by atoms with Crippen molar-refractivity contribution in [1.82, 2.24) is 0 Å². The lowest BCUT2D eigenvalue weighted by Gasteiger charge is -2.57. The molecule has 0 atom stereocenters. The first-order valence-corrected chi connectivity index (χ1v) is 12.8. The highest BCUT2D eigenvalue weighted by Crippen LogP contribution is 2.67. The van der Waals surface area contributed by atoms with E-state index in [2.05, 4.69) is 73.4 Å². The molecule has 7 heteroatoms. The third-order valence-corrected chi connectivity index (χ3v) is 11.9. The maximum Gasteiger partial charge on any atom is 0.134 e. The molecule has 2 rings (SSSR count). The second-order valence-electron chi connectivity index (χ2n) is 8.78. The number of rotatable bonds is 6. The first-order chi connectivity index (χ1) is 13.3. The van der Waals surface area contributed by atoms with Crippen LogP contribution in [0.15, 0.2) is 45.3 Å². The van der Waals surface area contributed by atoms with Gasteiger partial charge in [-0.2, -0.15) is 10.0 Å². The van der Waals surface area contributed by atoms with Crippen LogP contribution in [0.4, 0.5) is 8.78 Å². The Labute approximate surface area is 190 Å². The van der Waals surface area contributed by atoms with Crippen LogP contribution in [0, 0.1) is 11.6 Å². The Bertz CT molecular complexity index is 789. The van der Waals surface area contributed by atoms with E-state index in [4.69, 9.17) is 9.47 Å². The second-order valence-corrected chi connectivity index (χ2v) is 15.2. The van der Waals surface area contributed by atoms with Crippen molar-refractivity contribution in [1.29, 1.82) is 0 Å². The molecule has 0 aromatic heterocycles. The van der Waals surface area contributed by atoms with Gasteiger partial charge in [0.05, 0.1) is 8.95 Å². The molecule has 162 valence electrons. The third-order valence-electron chi connectivity index (χ3n) is 4.96. The second kappa shape index (κ2) is 9.15. The van der Waals surface area contributed by atoms with Gasteiger partial charge in [0.15, 0.2) is 0 Å². The number of hydrogen-bond donors (Lipinski definition) is 0. The lowest BCUT2D eigenvalue weighted by atomic mass is 10.2. The van der Waals surface area contributed by atoms with Gasteiger partial charge in [0, 0.05) is 0 Å². The maximum absolute atomic E-state index is 13.4. The summed E-state index contributed by atoms with van der Waals surface area (Å²) in [5.41, 5.74) is 0. The topological polar surface area (TPSA) is 18.5 Å². The van der Waals surface area contributed by atoms with E-state index in [1.807, 2.05) is 0 Å². The number of benzene rings is 2. The van der Waals surface area contributed by atoms with Crippen molar-refractivity contribution >= 4 is 41.9 Å². The Morgan fingerprint density at radius 3 is 1.34 bits per heavy atom. The first-order valence-electron chi connectivity index (χ1n) is 9.20. The smallest absolute Gasteiger partial charge is 0.134 e. The van der Waals surface area contributed by atoms with E-state index in [0.717, 1.165) is 0 Å². The molecule has 0 saturated carbocycles. The molecule has 0 amide bonds. The molecule has 29 heavy (non-hydrogen) atoms. The molecule has 0 aliphatic rings. The Balaban J connectivity index is 2.36. The Hall–Kier alpha value is -0.790. The molecule has 2 nitrogen and oxygen atoms in total. The van der Waals surface area contributed by atoms with Crippen molar-refractivity contribution in [3.05, 3.63) is 57.0 Å². The molecular weight excluding hydrogens is 526 g/mol. The third kappa shape index (κ3) is 5.67. The highest BCUT2D eigenvalue weighted by molar-refractivity contribution is 9.10. The zero-order valence-corrected chi connectivity index (χ0v) is 21.6. The number of hydrogen-bond acceptors (Lipinski definition) is 2. The summed E-state index contributed by atoms with van der Waals surface area (Å²) in [7, 11) is -1.55. The first kappa shape index (κ1) is 24.5. The van der Waals surface area contributed by atoms with Crippen LogP contribution in [-0.2, 0) is 0 Å². The van der Waals surface area contributed by atoms with Gasteiger partial charge in [0.2, 0.25) is 0 Å². The summed E-state index contributed by atoms with van der Waals surface area (Å²) in [6.07, 6.45) is 0. The fourth-order valence-corrected chi connectivity index (χ4v) is 8.08. The number of halogens is 4. The van der Waals surface area contributed by atoms with E-state index >= 15 is 0 Å².